The lowest BCUT2D eigenvalue weighted by Crippen LogP contribution is -2.36. The molecule has 1 fully saturated rings. The van der Waals surface area contributed by atoms with Gasteiger partial charge in [0.25, 0.3) is 0 Å². The quantitative estimate of drug-likeness (QED) is 0.851. The smallest absolute Gasteiger partial charge is 0.410 e. The van der Waals surface area contributed by atoms with E-state index in [9.17, 15) is 10.1 Å². The van der Waals surface area contributed by atoms with Gasteiger partial charge in [0.15, 0.2) is 0 Å². The zero-order chi connectivity index (χ0) is 19.1. The van der Waals surface area contributed by atoms with Crippen LogP contribution in [0, 0.1) is 25.2 Å². The monoisotopic (exact) mass is 354 g/mol. The maximum atomic E-state index is 12.2. The van der Waals surface area contributed by atoms with Gasteiger partial charge in [0.1, 0.15) is 11.7 Å². The van der Waals surface area contributed by atoms with Crippen LogP contribution in [0.4, 0.5) is 10.5 Å². The lowest BCUT2D eigenvalue weighted by atomic mass is 10.1. The molecule has 2 heterocycles. The molecular formula is C20H26N4O2. The van der Waals surface area contributed by atoms with Crippen molar-refractivity contribution in [2.24, 2.45) is 0 Å². The third kappa shape index (κ3) is 3.48. The Bertz CT molecular complexity index is 886. The summed E-state index contributed by atoms with van der Waals surface area (Å²) >= 11 is 0. The Labute approximate surface area is 154 Å². The Morgan fingerprint density at radius 2 is 2.12 bits per heavy atom. The largest absolute Gasteiger partial charge is 0.444 e. The number of likely N-dealkylation sites (tertiary alicyclic amines) is 1. The molecule has 3 rings (SSSR count). The maximum absolute atomic E-state index is 12.2. The number of carbonyl (C=O) groups is 1. The third-order valence-electron chi connectivity index (χ3n) is 4.78. The molecule has 6 heteroatoms. The first-order chi connectivity index (χ1) is 12.2. The van der Waals surface area contributed by atoms with Gasteiger partial charge >= 0.3 is 6.09 Å². The van der Waals surface area contributed by atoms with E-state index in [1.54, 1.807) is 4.90 Å². The lowest BCUT2D eigenvalue weighted by molar-refractivity contribution is 0.0293. The van der Waals surface area contributed by atoms with Gasteiger partial charge in [-0.05, 0) is 58.7 Å². The molecular weight excluding hydrogens is 328 g/mol. The highest BCUT2D eigenvalue weighted by Gasteiger charge is 2.30. The molecule has 1 amide bonds. The van der Waals surface area contributed by atoms with E-state index < -0.39 is 5.60 Å². The van der Waals surface area contributed by atoms with Crippen molar-refractivity contribution in [1.29, 1.82) is 5.26 Å². The van der Waals surface area contributed by atoms with E-state index >= 15 is 0 Å². The molecule has 1 saturated heterocycles. The predicted octanol–water partition coefficient (Wildman–Crippen LogP) is 4.08. The second kappa shape index (κ2) is 6.56. The van der Waals surface area contributed by atoms with Crippen LogP contribution < -0.4 is 5.32 Å². The first-order valence-electron chi connectivity index (χ1n) is 8.96. The summed E-state index contributed by atoms with van der Waals surface area (Å²) in [6, 6.07) is 6.20. The van der Waals surface area contributed by atoms with Gasteiger partial charge in [-0.25, -0.2) is 4.79 Å². The topological polar surface area (TPSA) is 81.2 Å². The van der Waals surface area contributed by atoms with Crippen molar-refractivity contribution < 1.29 is 9.53 Å². The molecule has 26 heavy (non-hydrogen) atoms. The number of carbonyl (C=O) groups excluding carboxylic acids is 1. The molecule has 2 N–H and O–H groups in total. The highest BCUT2D eigenvalue weighted by Crippen LogP contribution is 2.32. The van der Waals surface area contributed by atoms with Crippen molar-refractivity contribution in [3.63, 3.8) is 0 Å². The van der Waals surface area contributed by atoms with Crippen molar-refractivity contribution >= 4 is 22.7 Å². The van der Waals surface area contributed by atoms with Crippen LogP contribution in [0.2, 0.25) is 0 Å². The molecule has 0 radical (unpaired) electrons. The number of ether oxygens (including phenoxy) is 1. The maximum Gasteiger partial charge on any atom is 0.410 e. The first kappa shape index (κ1) is 18.1. The Balaban J connectivity index is 1.79. The second-order valence-corrected chi connectivity index (χ2v) is 7.95. The summed E-state index contributed by atoms with van der Waals surface area (Å²) in [4.78, 5) is 17.3. The molecule has 1 aromatic carbocycles. The number of aryl methyl sites for hydroxylation is 2. The Morgan fingerprint density at radius 1 is 1.38 bits per heavy atom. The van der Waals surface area contributed by atoms with Crippen molar-refractivity contribution in [3.8, 4) is 6.07 Å². The van der Waals surface area contributed by atoms with Gasteiger partial charge in [0.2, 0.25) is 0 Å². The Hall–Kier alpha value is -2.68. The zero-order valence-electron chi connectivity index (χ0n) is 16.1. The number of nitrogens with one attached hydrogen (secondary N) is 2. The number of anilines is 1. The van der Waals surface area contributed by atoms with Gasteiger partial charge in [-0.1, -0.05) is 0 Å². The number of aromatic amines is 1. The van der Waals surface area contributed by atoms with Crippen LogP contribution >= 0.6 is 0 Å². The van der Waals surface area contributed by atoms with Gasteiger partial charge in [-0.2, -0.15) is 5.26 Å². The minimum Gasteiger partial charge on any atom is -0.444 e. The van der Waals surface area contributed by atoms with Crippen molar-refractivity contribution in [1.82, 2.24) is 9.88 Å². The van der Waals surface area contributed by atoms with Crippen molar-refractivity contribution in [2.75, 3.05) is 18.4 Å². The summed E-state index contributed by atoms with van der Waals surface area (Å²) in [6.45, 7) is 11.0. The van der Waals surface area contributed by atoms with Crippen LogP contribution in [-0.4, -0.2) is 40.7 Å². The fourth-order valence-electron chi connectivity index (χ4n) is 3.39. The van der Waals surface area contributed by atoms with Gasteiger partial charge in [0, 0.05) is 35.9 Å². The van der Waals surface area contributed by atoms with E-state index in [0.29, 0.717) is 18.7 Å². The van der Waals surface area contributed by atoms with Gasteiger partial charge in [0.05, 0.1) is 11.1 Å². The molecule has 0 bridgehead atoms. The van der Waals surface area contributed by atoms with E-state index in [1.165, 1.54) is 0 Å². The van der Waals surface area contributed by atoms with Crippen LogP contribution in [0.5, 0.6) is 0 Å². The predicted molar refractivity (Wildman–Crippen MR) is 102 cm³/mol. The molecule has 0 saturated carbocycles. The van der Waals surface area contributed by atoms with Crippen molar-refractivity contribution in [3.05, 3.63) is 29.0 Å². The number of fused-ring (bicyclic) bond motifs is 1. The molecule has 1 aliphatic rings. The third-order valence-corrected chi connectivity index (χ3v) is 4.78. The van der Waals surface area contributed by atoms with E-state index in [2.05, 4.69) is 23.3 Å². The van der Waals surface area contributed by atoms with Gasteiger partial charge in [-0.3, -0.25) is 0 Å². The molecule has 1 aliphatic heterocycles. The van der Waals surface area contributed by atoms with Crippen LogP contribution in [0.1, 0.15) is 44.0 Å². The second-order valence-electron chi connectivity index (χ2n) is 7.95. The van der Waals surface area contributed by atoms with Crippen LogP contribution in [0.25, 0.3) is 10.9 Å². The molecule has 2 aromatic rings. The fourth-order valence-corrected chi connectivity index (χ4v) is 3.39. The number of amides is 1. The van der Waals surface area contributed by atoms with Crippen molar-refractivity contribution in [2.45, 2.75) is 52.7 Å². The van der Waals surface area contributed by atoms with Crippen LogP contribution in [-0.2, 0) is 4.74 Å². The Kier molecular flexibility index (Phi) is 4.57. The minimum atomic E-state index is -0.484. The summed E-state index contributed by atoms with van der Waals surface area (Å²) in [6.07, 6.45) is 0.601. The lowest BCUT2D eigenvalue weighted by Gasteiger charge is -2.24. The number of hydrogen-bond acceptors (Lipinski definition) is 4. The van der Waals surface area contributed by atoms with E-state index in [0.717, 1.165) is 34.3 Å². The van der Waals surface area contributed by atoms with E-state index in [4.69, 9.17) is 4.74 Å². The first-order valence-corrected chi connectivity index (χ1v) is 8.96. The molecule has 6 nitrogen and oxygen atoms in total. The number of benzene rings is 1. The number of nitriles is 1. The van der Waals surface area contributed by atoms with E-state index in [-0.39, 0.29) is 12.1 Å². The average Bonchev–Trinajstić information content (AvgIpc) is 3.12. The number of hydrogen-bond donors (Lipinski definition) is 2. The highest BCUT2D eigenvalue weighted by molar-refractivity contribution is 5.99. The molecule has 1 aromatic heterocycles. The highest BCUT2D eigenvalue weighted by atomic mass is 16.6. The summed E-state index contributed by atoms with van der Waals surface area (Å²) in [5.41, 5.74) is 4.23. The molecule has 138 valence electrons. The Morgan fingerprint density at radius 3 is 2.77 bits per heavy atom. The summed E-state index contributed by atoms with van der Waals surface area (Å²) in [7, 11) is 0. The van der Waals surface area contributed by atoms with Gasteiger partial charge < -0.3 is 19.9 Å². The average molecular weight is 354 g/mol. The number of rotatable bonds is 2. The summed E-state index contributed by atoms with van der Waals surface area (Å²) in [5, 5.41) is 14.0. The molecule has 0 unspecified atom stereocenters. The zero-order valence-corrected chi connectivity index (χ0v) is 16.1. The summed E-state index contributed by atoms with van der Waals surface area (Å²) in [5.74, 6) is 0. The standard InChI is InChI=1S/C20H26N4O2/c1-12-13(2)22-18-14(10-21)6-7-16(17(12)18)23-15-8-9-24(11-15)19(25)26-20(3,4)5/h6-7,15,22-23H,8-9,11H2,1-5H3/t15-/m0/s1. The molecule has 1 atom stereocenters. The summed E-state index contributed by atoms with van der Waals surface area (Å²) < 4.78 is 5.46. The van der Waals surface area contributed by atoms with E-state index in [1.807, 2.05) is 39.8 Å². The number of H-pyrrole nitrogens is 1. The number of nitrogens with zero attached hydrogens (tertiary/aromatic N) is 2. The minimum absolute atomic E-state index is 0.160. The normalized spacial score (nSPS) is 17.4. The fraction of sp³-hybridized carbons (Fsp3) is 0.500. The number of aromatic nitrogens is 1. The van der Waals surface area contributed by atoms with Crippen LogP contribution in [0.15, 0.2) is 12.1 Å². The van der Waals surface area contributed by atoms with Gasteiger partial charge in [-0.15, -0.1) is 0 Å². The SMILES string of the molecule is Cc1[nH]c2c(C#N)ccc(N[C@H]3CCN(C(=O)OC(C)(C)C)C3)c2c1C. The van der Waals surface area contributed by atoms with Crippen LogP contribution in [0.3, 0.4) is 0 Å². The molecule has 0 spiro atoms. The molecule has 0 aliphatic carbocycles.